The summed E-state index contributed by atoms with van der Waals surface area (Å²) >= 11 is -0.188. The smallest absolute Gasteiger partial charge is 0 e. The SMILES string of the molecule is C=O.C=O.C=O.C=O.C[As](C)C.[Fe]. The van der Waals surface area contributed by atoms with E-state index in [0.29, 0.717) is 0 Å². The zero-order chi connectivity index (χ0) is 11.6. The minimum Gasteiger partial charge on any atom is 0 e. The Morgan fingerprint density at radius 3 is 0.615 bits per heavy atom. The summed E-state index contributed by atoms with van der Waals surface area (Å²) in [6.07, 6.45) is 0. The Morgan fingerprint density at radius 2 is 0.615 bits per heavy atom. The maximum absolute atomic E-state index is 8.00. The summed E-state index contributed by atoms with van der Waals surface area (Å²) in [7, 11) is 0. The molecule has 0 aliphatic rings. The summed E-state index contributed by atoms with van der Waals surface area (Å²) in [4.78, 5) is 32.0. The Balaban J connectivity index is -0.0000000122. The van der Waals surface area contributed by atoms with E-state index >= 15 is 0 Å². The molecule has 0 saturated carbocycles. The number of carbonyl (C=O) groups is 4. The van der Waals surface area contributed by atoms with Crippen molar-refractivity contribution in [3.05, 3.63) is 0 Å². The largest absolute Gasteiger partial charge is 0 e. The van der Waals surface area contributed by atoms with Gasteiger partial charge < -0.3 is 19.2 Å². The number of carbonyl (C=O) groups excluding carboxylic acids is 4. The Bertz CT molecular complexity index is 47.0. The first kappa shape index (κ1) is 38.6. The van der Waals surface area contributed by atoms with Gasteiger partial charge in [0.15, 0.2) is 0 Å². The van der Waals surface area contributed by atoms with Gasteiger partial charge in [-0.3, -0.25) is 0 Å². The van der Waals surface area contributed by atoms with E-state index in [2.05, 4.69) is 17.1 Å². The van der Waals surface area contributed by atoms with E-state index in [1.807, 2.05) is 27.2 Å². The molecule has 0 unspecified atom stereocenters. The molecule has 0 atom stereocenters. The zero-order valence-electron chi connectivity index (χ0n) is 8.26. The van der Waals surface area contributed by atoms with Crippen molar-refractivity contribution in [2.75, 3.05) is 0 Å². The first-order chi connectivity index (χ1) is 5.73. The van der Waals surface area contributed by atoms with Crippen LogP contribution in [0, 0.1) is 0 Å². The van der Waals surface area contributed by atoms with E-state index in [9.17, 15) is 0 Å². The summed E-state index contributed by atoms with van der Waals surface area (Å²) < 4.78 is 0. The first-order valence-corrected chi connectivity index (χ1v) is 8.13. The number of hydrogen-bond donors (Lipinski definition) is 0. The van der Waals surface area contributed by atoms with Crippen LogP contribution < -0.4 is 0 Å². The van der Waals surface area contributed by atoms with Gasteiger partial charge in [-0.2, -0.15) is 0 Å². The van der Waals surface area contributed by atoms with E-state index < -0.39 is 0 Å². The summed E-state index contributed by atoms with van der Waals surface area (Å²) in [5.74, 6) is 0. The summed E-state index contributed by atoms with van der Waals surface area (Å²) in [5, 5.41) is 0. The van der Waals surface area contributed by atoms with Gasteiger partial charge in [-0.15, -0.1) is 0 Å². The van der Waals surface area contributed by atoms with Gasteiger partial charge in [0.1, 0.15) is 27.2 Å². The second-order valence-corrected chi connectivity index (χ2v) is 6.97. The van der Waals surface area contributed by atoms with Crippen LogP contribution in [0.25, 0.3) is 0 Å². The topological polar surface area (TPSA) is 68.3 Å². The number of hydrogen-bond acceptors (Lipinski definition) is 4. The summed E-state index contributed by atoms with van der Waals surface area (Å²) in [6.45, 7) is 8.00. The molecule has 0 aliphatic carbocycles. The predicted molar refractivity (Wildman–Crippen MR) is 51.8 cm³/mol. The molecule has 0 aromatic carbocycles. The molecule has 0 spiro atoms. The van der Waals surface area contributed by atoms with Gasteiger partial charge in [-0.05, 0) is 0 Å². The van der Waals surface area contributed by atoms with Gasteiger partial charge in [-0.25, -0.2) is 0 Å². The molecule has 0 saturated heterocycles. The maximum atomic E-state index is 8.00. The maximum Gasteiger partial charge on any atom is 0 e. The van der Waals surface area contributed by atoms with Crippen molar-refractivity contribution < 1.29 is 36.2 Å². The van der Waals surface area contributed by atoms with Gasteiger partial charge in [0, 0.05) is 17.1 Å². The molecule has 6 heteroatoms. The van der Waals surface area contributed by atoms with Crippen LogP contribution in [-0.4, -0.2) is 41.8 Å². The van der Waals surface area contributed by atoms with Crippen molar-refractivity contribution in [2.45, 2.75) is 17.1 Å². The summed E-state index contributed by atoms with van der Waals surface area (Å²) in [5.41, 5.74) is 6.94. The molecule has 0 aromatic heterocycles. The molecule has 82 valence electrons. The minimum absolute atomic E-state index is 0. The Labute approximate surface area is 95.2 Å². The van der Waals surface area contributed by atoms with E-state index in [1.165, 1.54) is 0 Å². The third-order valence-electron chi connectivity index (χ3n) is 0. The average Bonchev–Trinajstić information content (AvgIpc) is 2.16. The van der Waals surface area contributed by atoms with Gasteiger partial charge >= 0.3 is 31.8 Å². The monoisotopic (exact) mass is 296 g/mol. The third-order valence-corrected chi connectivity index (χ3v) is 0. The molecule has 0 heterocycles. The van der Waals surface area contributed by atoms with E-state index in [-0.39, 0.29) is 31.7 Å². The van der Waals surface area contributed by atoms with Crippen molar-refractivity contribution in [1.29, 1.82) is 0 Å². The van der Waals surface area contributed by atoms with Crippen LogP contribution in [-0.2, 0) is 36.2 Å². The van der Waals surface area contributed by atoms with Gasteiger partial charge in [0.2, 0.25) is 0 Å². The summed E-state index contributed by atoms with van der Waals surface area (Å²) in [6, 6.07) is 0. The fourth-order valence-electron chi connectivity index (χ4n) is 0. The molecule has 0 radical (unpaired) electrons. The molecule has 0 aromatic rings. The van der Waals surface area contributed by atoms with Crippen molar-refractivity contribution >= 4 is 41.8 Å². The zero-order valence-corrected chi connectivity index (χ0v) is 11.2. The van der Waals surface area contributed by atoms with Crippen molar-refractivity contribution in [1.82, 2.24) is 0 Å². The molecule has 0 bridgehead atoms. The molecule has 0 N–H and O–H groups in total. The van der Waals surface area contributed by atoms with Crippen LogP contribution in [0.1, 0.15) is 0 Å². The molecule has 0 amide bonds. The molecular formula is C7H17AsFeO4. The minimum atomic E-state index is -0.188. The van der Waals surface area contributed by atoms with Gasteiger partial charge in [0.05, 0.1) is 0 Å². The quantitative estimate of drug-likeness (QED) is 0.615. The molecule has 13 heavy (non-hydrogen) atoms. The van der Waals surface area contributed by atoms with Crippen LogP contribution >= 0.6 is 0 Å². The van der Waals surface area contributed by atoms with Crippen molar-refractivity contribution in [3.8, 4) is 0 Å². The van der Waals surface area contributed by atoms with Crippen LogP contribution in [0.4, 0.5) is 0 Å². The normalized spacial score (nSPS) is 4.00. The molecule has 0 fully saturated rings. The van der Waals surface area contributed by atoms with Crippen LogP contribution in [0.3, 0.4) is 0 Å². The van der Waals surface area contributed by atoms with Gasteiger partial charge in [0.25, 0.3) is 0 Å². The molecule has 0 rings (SSSR count). The second-order valence-electron chi connectivity index (χ2n) is 1.34. The Morgan fingerprint density at radius 1 is 0.615 bits per heavy atom. The Hall–Kier alpha value is -0.242. The van der Waals surface area contributed by atoms with E-state index in [1.54, 1.807) is 0 Å². The second kappa shape index (κ2) is 179. The Kier molecular flexibility index (Phi) is 531. The van der Waals surface area contributed by atoms with Crippen LogP contribution in [0.2, 0.25) is 17.1 Å². The fourth-order valence-corrected chi connectivity index (χ4v) is 0. The van der Waals surface area contributed by atoms with Crippen molar-refractivity contribution in [3.63, 3.8) is 0 Å². The fraction of sp³-hybridized carbons (Fsp3) is 0.429. The average molecular weight is 296 g/mol. The van der Waals surface area contributed by atoms with Gasteiger partial charge in [-0.1, -0.05) is 0 Å². The molecule has 4 nitrogen and oxygen atoms in total. The van der Waals surface area contributed by atoms with Crippen LogP contribution in [0.5, 0.6) is 0 Å². The molecule has 0 aliphatic heterocycles. The predicted octanol–water partition coefficient (Wildman–Crippen LogP) is 0.628. The standard InChI is InChI=1S/C3H9As.4CH2O.Fe/c1-4(2)3;4*1-2;/h1-3H3;4*1H2;. The van der Waals surface area contributed by atoms with E-state index in [4.69, 9.17) is 19.2 Å². The first-order valence-electron chi connectivity index (χ1n) is 2.50. The van der Waals surface area contributed by atoms with Crippen LogP contribution in [0.15, 0.2) is 0 Å². The van der Waals surface area contributed by atoms with Crippen molar-refractivity contribution in [2.24, 2.45) is 0 Å². The molecular weight excluding hydrogens is 279 g/mol. The number of rotatable bonds is 0. The third kappa shape index (κ3) is 19100. The van der Waals surface area contributed by atoms with E-state index in [0.717, 1.165) is 0 Å².